The molecule has 1 N–H and O–H groups in total. The highest BCUT2D eigenvalue weighted by Crippen LogP contribution is 2.36. The summed E-state index contributed by atoms with van der Waals surface area (Å²) in [5, 5.41) is 9.64. The van der Waals surface area contributed by atoms with E-state index in [1.54, 1.807) is 0 Å². The minimum Gasteiger partial charge on any atom is -0.507 e. The van der Waals surface area contributed by atoms with E-state index in [9.17, 15) is 22.7 Å². The lowest BCUT2D eigenvalue weighted by Gasteiger charge is -2.12. The molecule has 0 aromatic heterocycles. The van der Waals surface area contributed by atoms with Gasteiger partial charge in [-0.2, -0.15) is 13.2 Å². The van der Waals surface area contributed by atoms with Crippen molar-refractivity contribution in [2.24, 2.45) is 0 Å². The van der Waals surface area contributed by atoms with Crippen molar-refractivity contribution < 1.29 is 22.7 Å². The van der Waals surface area contributed by atoms with Crippen LogP contribution in [0, 0.1) is 12.7 Å². The van der Waals surface area contributed by atoms with Gasteiger partial charge in [-0.15, -0.1) is 0 Å². The minimum atomic E-state index is -4.41. The average Bonchev–Trinajstić information content (AvgIpc) is 2.28. The highest BCUT2D eigenvalue weighted by atomic mass is 19.4. The Morgan fingerprint density at radius 3 is 2.11 bits per heavy atom. The Labute approximate surface area is 107 Å². The number of aryl methyl sites for hydroxylation is 1. The normalized spacial score (nSPS) is 11.6. The summed E-state index contributed by atoms with van der Waals surface area (Å²) in [6, 6.07) is 6.60. The van der Waals surface area contributed by atoms with Crippen molar-refractivity contribution in [1.29, 1.82) is 0 Å². The van der Waals surface area contributed by atoms with E-state index in [1.165, 1.54) is 19.1 Å². The van der Waals surface area contributed by atoms with Crippen LogP contribution in [0.1, 0.15) is 11.1 Å². The van der Waals surface area contributed by atoms with Gasteiger partial charge in [0, 0.05) is 11.6 Å². The molecule has 100 valence electrons. The van der Waals surface area contributed by atoms with Crippen molar-refractivity contribution in [3.05, 3.63) is 53.3 Å². The second-order valence-corrected chi connectivity index (χ2v) is 4.19. The fourth-order valence-electron chi connectivity index (χ4n) is 1.87. The monoisotopic (exact) mass is 270 g/mol. The van der Waals surface area contributed by atoms with E-state index in [0.29, 0.717) is 16.7 Å². The first-order valence-electron chi connectivity index (χ1n) is 5.46. The molecule has 0 heterocycles. The van der Waals surface area contributed by atoms with Crippen molar-refractivity contribution in [2.75, 3.05) is 0 Å². The zero-order valence-corrected chi connectivity index (χ0v) is 9.92. The average molecular weight is 270 g/mol. The smallest absolute Gasteiger partial charge is 0.416 e. The number of phenols is 1. The SMILES string of the molecule is Cc1cc(C(F)(F)F)ccc1-c1ccc(F)cc1O. The standard InChI is InChI=1S/C14H10F4O/c1-8-6-9(14(16,17)18)2-4-11(8)12-5-3-10(15)7-13(12)19/h2-7,19H,1H3. The zero-order valence-electron chi connectivity index (χ0n) is 9.92. The van der Waals surface area contributed by atoms with Gasteiger partial charge in [-0.1, -0.05) is 6.07 Å². The van der Waals surface area contributed by atoms with E-state index in [2.05, 4.69) is 0 Å². The second-order valence-electron chi connectivity index (χ2n) is 4.19. The van der Waals surface area contributed by atoms with E-state index in [0.717, 1.165) is 24.3 Å². The molecule has 1 nitrogen and oxygen atoms in total. The Balaban J connectivity index is 2.52. The van der Waals surface area contributed by atoms with Gasteiger partial charge in [0.1, 0.15) is 11.6 Å². The van der Waals surface area contributed by atoms with Gasteiger partial charge < -0.3 is 5.11 Å². The third kappa shape index (κ3) is 2.70. The molecule has 0 aliphatic carbocycles. The largest absolute Gasteiger partial charge is 0.507 e. The summed E-state index contributed by atoms with van der Waals surface area (Å²) in [4.78, 5) is 0. The van der Waals surface area contributed by atoms with Gasteiger partial charge in [-0.25, -0.2) is 4.39 Å². The van der Waals surface area contributed by atoms with Crippen LogP contribution in [0.3, 0.4) is 0 Å². The lowest BCUT2D eigenvalue weighted by molar-refractivity contribution is -0.137. The Kier molecular flexibility index (Phi) is 3.22. The maximum atomic E-state index is 12.9. The van der Waals surface area contributed by atoms with Crippen LogP contribution >= 0.6 is 0 Å². The summed E-state index contributed by atoms with van der Waals surface area (Å²) in [7, 11) is 0. The molecular weight excluding hydrogens is 260 g/mol. The van der Waals surface area contributed by atoms with E-state index in [4.69, 9.17) is 0 Å². The second kappa shape index (κ2) is 4.57. The molecule has 0 unspecified atom stereocenters. The molecule has 0 saturated carbocycles. The third-order valence-electron chi connectivity index (χ3n) is 2.80. The van der Waals surface area contributed by atoms with Crippen LogP contribution in [0.15, 0.2) is 36.4 Å². The molecule has 2 aromatic rings. The van der Waals surface area contributed by atoms with Crippen LogP contribution in [-0.4, -0.2) is 5.11 Å². The number of halogens is 4. The summed E-state index contributed by atoms with van der Waals surface area (Å²) in [5.74, 6) is -0.909. The van der Waals surface area contributed by atoms with Gasteiger partial charge in [0.15, 0.2) is 0 Å². The van der Waals surface area contributed by atoms with E-state index in [-0.39, 0.29) is 5.75 Å². The molecule has 0 amide bonds. The first kappa shape index (κ1) is 13.4. The molecule has 0 radical (unpaired) electrons. The third-order valence-corrected chi connectivity index (χ3v) is 2.80. The number of hydrogen-bond donors (Lipinski definition) is 1. The summed E-state index contributed by atoms with van der Waals surface area (Å²) in [5.41, 5.74) is 0.338. The fraction of sp³-hybridized carbons (Fsp3) is 0.143. The molecule has 0 bridgehead atoms. The Morgan fingerprint density at radius 2 is 1.58 bits per heavy atom. The maximum absolute atomic E-state index is 12.9. The number of phenolic OH excluding ortho intramolecular Hbond substituents is 1. The molecule has 0 saturated heterocycles. The zero-order chi connectivity index (χ0) is 14.2. The topological polar surface area (TPSA) is 20.2 Å². The summed E-state index contributed by atoms with van der Waals surface area (Å²) in [6.45, 7) is 1.51. The van der Waals surface area contributed by atoms with Crippen LogP contribution in [0.5, 0.6) is 5.75 Å². The highest BCUT2D eigenvalue weighted by molar-refractivity contribution is 5.73. The lowest BCUT2D eigenvalue weighted by Crippen LogP contribution is -2.05. The maximum Gasteiger partial charge on any atom is 0.416 e. The molecule has 0 aliphatic rings. The van der Waals surface area contributed by atoms with Crippen molar-refractivity contribution >= 4 is 0 Å². The molecule has 0 fully saturated rings. The fourth-order valence-corrected chi connectivity index (χ4v) is 1.87. The van der Waals surface area contributed by atoms with Crippen molar-refractivity contribution in [1.82, 2.24) is 0 Å². The van der Waals surface area contributed by atoms with Crippen molar-refractivity contribution in [3.63, 3.8) is 0 Å². The molecule has 0 aliphatic heterocycles. The van der Waals surface area contributed by atoms with Crippen molar-refractivity contribution in [2.45, 2.75) is 13.1 Å². The minimum absolute atomic E-state index is 0.299. The molecule has 0 atom stereocenters. The first-order chi connectivity index (χ1) is 8.79. The molecule has 5 heteroatoms. The molecular formula is C14H10F4O. The Morgan fingerprint density at radius 1 is 0.947 bits per heavy atom. The van der Waals surface area contributed by atoms with Crippen LogP contribution in [0.4, 0.5) is 17.6 Å². The van der Waals surface area contributed by atoms with Crippen molar-refractivity contribution in [3.8, 4) is 16.9 Å². The number of rotatable bonds is 1. The van der Waals surface area contributed by atoms with Crippen LogP contribution in [0.25, 0.3) is 11.1 Å². The van der Waals surface area contributed by atoms with Gasteiger partial charge >= 0.3 is 6.18 Å². The Bertz CT molecular complexity index is 617. The molecule has 19 heavy (non-hydrogen) atoms. The summed E-state index contributed by atoms with van der Waals surface area (Å²) >= 11 is 0. The van der Waals surface area contributed by atoms with Gasteiger partial charge in [-0.3, -0.25) is 0 Å². The number of benzene rings is 2. The van der Waals surface area contributed by atoms with Gasteiger partial charge in [0.25, 0.3) is 0 Å². The predicted octanol–water partition coefficient (Wildman–Crippen LogP) is 4.53. The number of aromatic hydroxyl groups is 1. The number of hydrogen-bond acceptors (Lipinski definition) is 1. The van der Waals surface area contributed by atoms with Crippen LogP contribution in [-0.2, 0) is 6.18 Å². The lowest BCUT2D eigenvalue weighted by atomic mass is 9.97. The first-order valence-corrected chi connectivity index (χ1v) is 5.46. The molecule has 2 aromatic carbocycles. The molecule has 0 spiro atoms. The predicted molar refractivity (Wildman–Crippen MR) is 63.2 cm³/mol. The quantitative estimate of drug-likeness (QED) is 0.755. The van der Waals surface area contributed by atoms with E-state index < -0.39 is 17.6 Å². The van der Waals surface area contributed by atoms with Gasteiger partial charge in [-0.05, 0) is 42.3 Å². The summed E-state index contributed by atoms with van der Waals surface area (Å²) < 4.78 is 50.5. The summed E-state index contributed by atoms with van der Waals surface area (Å²) in [6.07, 6.45) is -4.41. The van der Waals surface area contributed by atoms with Crippen LogP contribution in [0.2, 0.25) is 0 Å². The van der Waals surface area contributed by atoms with Crippen LogP contribution < -0.4 is 0 Å². The number of alkyl halides is 3. The van der Waals surface area contributed by atoms with E-state index >= 15 is 0 Å². The van der Waals surface area contributed by atoms with Gasteiger partial charge in [0.2, 0.25) is 0 Å². The van der Waals surface area contributed by atoms with Gasteiger partial charge in [0.05, 0.1) is 5.56 Å². The van der Waals surface area contributed by atoms with E-state index in [1.807, 2.05) is 0 Å². The highest BCUT2D eigenvalue weighted by Gasteiger charge is 2.30. The molecule has 2 rings (SSSR count). The Hall–Kier alpha value is -2.04.